The normalized spacial score (nSPS) is 18.4. The lowest BCUT2D eigenvalue weighted by molar-refractivity contribution is 0.514. The molecule has 1 aliphatic heterocycles. The summed E-state index contributed by atoms with van der Waals surface area (Å²) in [4.78, 5) is 3.61. The topological polar surface area (TPSA) is 24.9 Å². The van der Waals surface area contributed by atoms with E-state index in [0.717, 1.165) is 24.1 Å². The van der Waals surface area contributed by atoms with Gasteiger partial charge in [0.1, 0.15) is 0 Å². The minimum Gasteiger partial charge on any atom is -0.310 e. The van der Waals surface area contributed by atoms with Gasteiger partial charge in [-0.3, -0.25) is 0 Å². The van der Waals surface area contributed by atoms with Crippen molar-refractivity contribution in [3.05, 3.63) is 53.6 Å². The number of aromatic nitrogens is 1. The molecule has 0 saturated carbocycles. The Labute approximate surface area is 106 Å². The van der Waals surface area contributed by atoms with Crippen molar-refractivity contribution in [2.75, 3.05) is 0 Å². The van der Waals surface area contributed by atoms with Crippen LogP contribution in [0.4, 0.5) is 4.39 Å². The van der Waals surface area contributed by atoms with Crippen LogP contribution in [-0.4, -0.2) is 11.0 Å². The summed E-state index contributed by atoms with van der Waals surface area (Å²) in [5.74, 6) is -0.424. The van der Waals surface area contributed by atoms with Crippen molar-refractivity contribution in [2.45, 2.75) is 25.9 Å². The summed E-state index contributed by atoms with van der Waals surface area (Å²) in [5.41, 5.74) is 4.67. The summed E-state index contributed by atoms with van der Waals surface area (Å²) >= 11 is 0. The third-order valence-electron chi connectivity index (χ3n) is 3.46. The summed E-state index contributed by atoms with van der Waals surface area (Å²) < 4.78 is 13.2. The van der Waals surface area contributed by atoms with E-state index in [1.54, 1.807) is 0 Å². The quantitative estimate of drug-likeness (QED) is 0.778. The second-order valence-electron chi connectivity index (χ2n) is 4.80. The van der Waals surface area contributed by atoms with Gasteiger partial charge >= 0.3 is 0 Å². The fourth-order valence-corrected chi connectivity index (χ4v) is 2.54. The lowest BCUT2D eigenvalue weighted by atomic mass is 9.89. The number of nitrogens with one attached hydrogen (secondary N) is 1. The van der Waals surface area contributed by atoms with E-state index >= 15 is 0 Å². The molecule has 3 rings (SSSR count). The molecule has 18 heavy (non-hydrogen) atoms. The molecule has 1 unspecified atom stereocenters. The molecule has 0 aliphatic carbocycles. The first-order chi connectivity index (χ1) is 8.74. The zero-order valence-electron chi connectivity index (χ0n) is 10.3. The predicted octanol–water partition coefficient (Wildman–Crippen LogP) is 2.92. The van der Waals surface area contributed by atoms with E-state index in [-0.39, 0.29) is 0 Å². The molecule has 92 valence electrons. The van der Waals surface area contributed by atoms with Gasteiger partial charge in [-0.15, -0.1) is 0 Å². The molecular formula is C15H15FN2. The Hall–Kier alpha value is -1.74. The average Bonchev–Trinajstić information content (AvgIpc) is 2.38. The molecular weight excluding hydrogens is 227 g/mol. The largest absolute Gasteiger partial charge is 0.310 e. The Balaban J connectivity index is 2.13. The van der Waals surface area contributed by atoms with Crippen molar-refractivity contribution >= 4 is 0 Å². The third kappa shape index (κ3) is 2.02. The van der Waals surface area contributed by atoms with Crippen LogP contribution in [0.15, 0.2) is 36.5 Å². The van der Waals surface area contributed by atoms with E-state index < -0.39 is 5.95 Å². The van der Waals surface area contributed by atoms with Crippen LogP contribution in [0, 0.1) is 5.95 Å². The fourth-order valence-electron chi connectivity index (χ4n) is 2.54. The number of hydrogen-bond donors (Lipinski definition) is 1. The molecule has 0 amide bonds. The molecule has 2 heterocycles. The van der Waals surface area contributed by atoms with Crippen LogP contribution in [0.3, 0.4) is 0 Å². The highest BCUT2D eigenvalue weighted by molar-refractivity contribution is 5.69. The minimum absolute atomic E-state index is 0.424. The molecule has 0 spiro atoms. The van der Waals surface area contributed by atoms with Crippen LogP contribution in [0.25, 0.3) is 11.1 Å². The fraction of sp³-hybridized carbons (Fsp3) is 0.267. The molecule has 2 aromatic rings. The maximum Gasteiger partial charge on any atom is 0.213 e. The second-order valence-corrected chi connectivity index (χ2v) is 4.80. The number of rotatable bonds is 1. The van der Waals surface area contributed by atoms with Crippen molar-refractivity contribution in [3.63, 3.8) is 0 Å². The zero-order valence-corrected chi connectivity index (χ0v) is 10.3. The summed E-state index contributed by atoms with van der Waals surface area (Å²) in [6.45, 7) is 3.06. The molecule has 1 aliphatic rings. The van der Waals surface area contributed by atoms with E-state index in [1.807, 2.05) is 12.1 Å². The smallest absolute Gasteiger partial charge is 0.213 e. The monoisotopic (exact) mass is 242 g/mol. The lowest BCUT2D eigenvalue weighted by Crippen LogP contribution is -2.33. The summed E-state index contributed by atoms with van der Waals surface area (Å²) in [6.07, 6.45) is 2.50. The molecule has 1 aromatic carbocycles. The van der Waals surface area contributed by atoms with E-state index in [9.17, 15) is 4.39 Å². The van der Waals surface area contributed by atoms with Crippen molar-refractivity contribution in [3.8, 4) is 11.1 Å². The minimum atomic E-state index is -0.424. The van der Waals surface area contributed by atoms with Crippen molar-refractivity contribution in [2.24, 2.45) is 0 Å². The van der Waals surface area contributed by atoms with Crippen LogP contribution < -0.4 is 5.32 Å². The molecule has 2 nitrogen and oxygen atoms in total. The maximum absolute atomic E-state index is 13.2. The predicted molar refractivity (Wildman–Crippen MR) is 69.6 cm³/mol. The number of pyridine rings is 1. The van der Waals surface area contributed by atoms with Gasteiger partial charge in [-0.25, -0.2) is 4.98 Å². The van der Waals surface area contributed by atoms with Gasteiger partial charge < -0.3 is 5.32 Å². The molecule has 0 fully saturated rings. The molecule has 1 aromatic heterocycles. The van der Waals surface area contributed by atoms with Gasteiger partial charge in [-0.2, -0.15) is 4.39 Å². The van der Waals surface area contributed by atoms with Crippen molar-refractivity contribution < 1.29 is 4.39 Å². The summed E-state index contributed by atoms with van der Waals surface area (Å²) in [5, 5.41) is 3.44. The SMILES string of the molecule is CC1Cc2c(cccc2-c2ccnc(F)c2)CN1. The van der Waals surface area contributed by atoms with E-state index in [4.69, 9.17) is 0 Å². The van der Waals surface area contributed by atoms with Gasteiger partial charge in [0.05, 0.1) is 0 Å². The molecule has 0 radical (unpaired) electrons. The van der Waals surface area contributed by atoms with E-state index in [0.29, 0.717) is 6.04 Å². The average molecular weight is 242 g/mol. The highest BCUT2D eigenvalue weighted by Crippen LogP contribution is 2.29. The Morgan fingerprint density at radius 2 is 2.22 bits per heavy atom. The highest BCUT2D eigenvalue weighted by atomic mass is 19.1. The van der Waals surface area contributed by atoms with Crippen LogP contribution in [0.2, 0.25) is 0 Å². The van der Waals surface area contributed by atoms with Crippen LogP contribution in [-0.2, 0) is 13.0 Å². The van der Waals surface area contributed by atoms with E-state index in [1.165, 1.54) is 23.4 Å². The Kier molecular flexibility index (Phi) is 2.84. The van der Waals surface area contributed by atoms with Crippen LogP contribution in [0.1, 0.15) is 18.1 Å². The van der Waals surface area contributed by atoms with Crippen LogP contribution in [0.5, 0.6) is 0 Å². The standard InChI is InChI=1S/C15H15FN2/c1-10-7-14-12(9-18-10)3-2-4-13(14)11-5-6-17-15(16)8-11/h2-6,8,10,18H,7,9H2,1H3. The Morgan fingerprint density at radius 1 is 1.33 bits per heavy atom. The van der Waals surface area contributed by atoms with Crippen LogP contribution >= 0.6 is 0 Å². The molecule has 3 heteroatoms. The van der Waals surface area contributed by atoms with Gasteiger partial charge in [0.2, 0.25) is 5.95 Å². The zero-order chi connectivity index (χ0) is 12.5. The molecule has 0 saturated heterocycles. The number of halogens is 1. The first kappa shape index (κ1) is 11.4. The van der Waals surface area contributed by atoms with Gasteiger partial charge in [0.15, 0.2) is 0 Å². The van der Waals surface area contributed by atoms with Crippen molar-refractivity contribution in [1.82, 2.24) is 10.3 Å². The van der Waals surface area contributed by atoms with Gasteiger partial charge in [0.25, 0.3) is 0 Å². The van der Waals surface area contributed by atoms with Gasteiger partial charge in [-0.1, -0.05) is 18.2 Å². The maximum atomic E-state index is 13.2. The Morgan fingerprint density at radius 3 is 3.06 bits per heavy atom. The molecule has 1 N–H and O–H groups in total. The third-order valence-corrected chi connectivity index (χ3v) is 3.46. The van der Waals surface area contributed by atoms with E-state index in [2.05, 4.69) is 29.4 Å². The summed E-state index contributed by atoms with van der Waals surface area (Å²) in [7, 11) is 0. The number of nitrogens with zero attached hydrogens (tertiary/aromatic N) is 1. The lowest BCUT2D eigenvalue weighted by Gasteiger charge is -2.25. The number of benzene rings is 1. The van der Waals surface area contributed by atoms with Crippen molar-refractivity contribution in [1.29, 1.82) is 0 Å². The summed E-state index contributed by atoms with van der Waals surface area (Å²) in [6, 6.07) is 10.1. The second kappa shape index (κ2) is 4.50. The molecule has 1 atom stereocenters. The van der Waals surface area contributed by atoms with Gasteiger partial charge in [-0.05, 0) is 41.7 Å². The number of fused-ring (bicyclic) bond motifs is 1. The molecule has 0 bridgehead atoms. The first-order valence-corrected chi connectivity index (χ1v) is 6.20. The Bertz CT molecular complexity index is 580. The highest BCUT2D eigenvalue weighted by Gasteiger charge is 2.17. The van der Waals surface area contributed by atoms with Gasteiger partial charge in [0, 0.05) is 24.8 Å². The number of hydrogen-bond acceptors (Lipinski definition) is 2. The first-order valence-electron chi connectivity index (χ1n) is 6.20.